The number of hydrogen-bond donors (Lipinski definition) is 2. The first-order valence-corrected chi connectivity index (χ1v) is 8.84. The molecule has 8 heteroatoms. The molecule has 0 unspecified atom stereocenters. The highest BCUT2D eigenvalue weighted by Crippen LogP contribution is 2.38. The third-order valence-electron chi connectivity index (χ3n) is 4.03. The molecule has 0 aliphatic carbocycles. The third kappa shape index (κ3) is 6.43. The molecular formula is C20H29IN4O3. The maximum absolute atomic E-state index is 5.40. The van der Waals surface area contributed by atoms with Crippen LogP contribution in [-0.4, -0.2) is 38.8 Å². The van der Waals surface area contributed by atoms with Gasteiger partial charge in [-0.3, -0.25) is 4.98 Å². The Hall–Kier alpha value is -2.23. The quantitative estimate of drug-likeness (QED) is 0.329. The van der Waals surface area contributed by atoms with E-state index in [4.69, 9.17) is 14.2 Å². The topological polar surface area (TPSA) is 77.0 Å². The standard InChI is InChI=1S/C20H28N4O3.HI/c1-6-21-20(24-13-16-14(2)8-7-9-22-16)23-12-15-10-17(25-3)19(27-5)18(11-15)26-4;/h7-11H,6,12-13H2,1-5H3,(H2,21,23,24);1H. The molecule has 0 bridgehead atoms. The maximum atomic E-state index is 5.40. The van der Waals surface area contributed by atoms with Crippen LogP contribution in [0.25, 0.3) is 0 Å². The molecule has 1 aromatic heterocycles. The molecule has 0 spiro atoms. The summed E-state index contributed by atoms with van der Waals surface area (Å²) in [5.74, 6) is 2.52. The van der Waals surface area contributed by atoms with Crippen LogP contribution in [0.3, 0.4) is 0 Å². The van der Waals surface area contributed by atoms with Gasteiger partial charge in [-0.15, -0.1) is 24.0 Å². The zero-order valence-corrected chi connectivity index (χ0v) is 19.4. The molecule has 0 saturated heterocycles. The van der Waals surface area contributed by atoms with Crippen LogP contribution in [-0.2, 0) is 13.1 Å². The van der Waals surface area contributed by atoms with Crippen LogP contribution in [0.2, 0.25) is 0 Å². The zero-order valence-electron chi connectivity index (χ0n) is 17.0. The second-order valence-corrected chi connectivity index (χ2v) is 5.85. The number of guanidine groups is 1. The van der Waals surface area contributed by atoms with E-state index in [0.29, 0.717) is 30.3 Å². The third-order valence-corrected chi connectivity index (χ3v) is 4.03. The summed E-state index contributed by atoms with van der Waals surface area (Å²) in [5.41, 5.74) is 3.09. The van der Waals surface area contributed by atoms with Crippen molar-refractivity contribution in [2.24, 2.45) is 4.99 Å². The van der Waals surface area contributed by atoms with Crippen molar-refractivity contribution in [3.05, 3.63) is 47.3 Å². The van der Waals surface area contributed by atoms with E-state index < -0.39 is 0 Å². The minimum Gasteiger partial charge on any atom is -0.493 e. The Labute approximate surface area is 183 Å². The first kappa shape index (κ1) is 23.8. The number of benzene rings is 1. The van der Waals surface area contributed by atoms with E-state index in [-0.39, 0.29) is 24.0 Å². The van der Waals surface area contributed by atoms with Gasteiger partial charge in [0.1, 0.15) is 0 Å². The van der Waals surface area contributed by atoms with Crippen molar-refractivity contribution in [2.45, 2.75) is 26.9 Å². The predicted octanol–water partition coefficient (Wildman–Crippen LogP) is 3.29. The first-order valence-electron chi connectivity index (χ1n) is 8.84. The molecule has 0 saturated carbocycles. The van der Waals surface area contributed by atoms with Gasteiger partial charge >= 0.3 is 0 Å². The molecule has 0 atom stereocenters. The van der Waals surface area contributed by atoms with E-state index in [1.165, 1.54) is 0 Å². The van der Waals surface area contributed by atoms with Gasteiger partial charge in [-0.2, -0.15) is 0 Å². The average molecular weight is 500 g/mol. The van der Waals surface area contributed by atoms with E-state index in [1.807, 2.05) is 38.1 Å². The molecule has 7 nitrogen and oxygen atoms in total. The number of aryl methyl sites for hydroxylation is 1. The summed E-state index contributed by atoms with van der Waals surface area (Å²) < 4.78 is 16.2. The number of hydrogen-bond acceptors (Lipinski definition) is 5. The second-order valence-electron chi connectivity index (χ2n) is 5.85. The van der Waals surface area contributed by atoms with Crippen LogP contribution in [0.15, 0.2) is 35.5 Å². The van der Waals surface area contributed by atoms with Gasteiger partial charge in [-0.05, 0) is 43.2 Å². The van der Waals surface area contributed by atoms with Crippen molar-refractivity contribution >= 4 is 29.9 Å². The summed E-state index contributed by atoms with van der Waals surface area (Å²) in [6.45, 7) is 5.91. The van der Waals surface area contributed by atoms with Crippen LogP contribution in [0.5, 0.6) is 17.2 Å². The normalized spacial score (nSPS) is 10.7. The Bertz CT molecular complexity index is 759. The highest BCUT2D eigenvalue weighted by molar-refractivity contribution is 14.0. The van der Waals surface area contributed by atoms with Gasteiger partial charge in [0.15, 0.2) is 17.5 Å². The van der Waals surface area contributed by atoms with E-state index in [2.05, 4.69) is 20.6 Å². The van der Waals surface area contributed by atoms with E-state index in [0.717, 1.165) is 29.3 Å². The number of pyridine rings is 1. The molecule has 0 fully saturated rings. The van der Waals surface area contributed by atoms with E-state index in [9.17, 15) is 0 Å². The Morgan fingerprint density at radius 2 is 1.75 bits per heavy atom. The Balaban J connectivity index is 0.00000392. The van der Waals surface area contributed by atoms with Crippen molar-refractivity contribution in [3.8, 4) is 17.2 Å². The fraction of sp³-hybridized carbons (Fsp3) is 0.400. The maximum Gasteiger partial charge on any atom is 0.203 e. The number of aliphatic imine (C=N–C) groups is 1. The Kier molecular flexibility index (Phi) is 10.4. The molecule has 0 aliphatic rings. The zero-order chi connectivity index (χ0) is 19.6. The van der Waals surface area contributed by atoms with Crippen molar-refractivity contribution in [3.63, 3.8) is 0 Å². The van der Waals surface area contributed by atoms with Crippen molar-refractivity contribution in [1.29, 1.82) is 0 Å². The minimum absolute atomic E-state index is 0. The lowest BCUT2D eigenvalue weighted by Crippen LogP contribution is -2.37. The fourth-order valence-electron chi connectivity index (χ4n) is 2.61. The van der Waals surface area contributed by atoms with Gasteiger partial charge in [-0.25, -0.2) is 4.99 Å². The van der Waals surface area contributed by atoms with Crippen LogP contribution in [0.1, 0.15) is 23.7 Å². The molecule has 28 heavy (non-hydrogen) atoms. The van der Waals surface area contributed by atoms with Crippen LogP contribution in [0.4, 0.5) is 0 Å². The lowest BCUT2D eigenvalue weighted by atomic mass is 10.2. The predicted molar refractivity (Wildman–Crippen MR) is 122 cm³/mol. The summed E-state index contributed by atoms with van der Waals surface area (Å²) in [6.07, 6.45) is 1.80. The lowest BCUT2D eigenvalue weighted by molar-refractivity contribution is 0.324. The molecule has 154 valence electrons. The first-order chi connectivity index (χ1) is 13.1. The highest BCUT2D eigenvalue weighted by Gasteiger charge is 2.13. The summed E-state index contributed by atoms with van der Waals surface area (Å²) in [5, 5.41) is 6.56. The van der Waals surface area contributed by atoms with Gasteiger partial charge in [0.05, 0.1) is 40.1 Å². The molecule has 1 heterocycles. The monoisotopic (exact) mass is 500 g/mol. The summed E-state index contributed by atoms with van der Waals surface area (Å²) in [6, 6.07) is 7.78. The number of nitrogens with zero attached hydrogens (tertiary/aromatic N) is 2. The summed E-state index contributed by atoms with van der Waals surface area (Å²) >= 11 is 0. The fourth-order valence-corrected chi connectivity index (χ4v) is 2.61. The summed E-state index contributed by atoms with van der Waals surface area (Å²) in [7, 11) is 4.79. The highest BCUT2D eigenvalue weighted by atomic mass is 127. The second kappa shape index (κ2) is 12.3. The van der Waals surface area contributed by atoms with Gasteiger partial charge in [0.25, 0.3) is 0 Å². The molecule has 2 rings (SSSR count). The molecule has 0 amide bonds. The van der Waals surface area contributed by atoms with E-state index >= 15 is 0 Å². The molecular weight excluding hydrogens is 471 g/mol. The Morgan fingerprint density at radius 3 is 2.29 bits per heavy atom. The molecule has 1 aromatic carbocycles. The van der Waals surface area contributed by atoms with Crippen molar-refractivity contribution in [1.82, 2.24) is 15.6 Å². The molecule has 2 aromatic rings. The number of methoxy groups -OCH3 is 3. The number of ether oxygens (including phenoxy) is 3. The van der Waals surface area contributed by atoms with Gasteiger partial charge < -0.3 is 24.8 Å². The number of aromatic nitrogens is 1. The smallest absolute Gasteiger partial charge is 0.203 e. The molecule has 0 radical (unpaired) electrons. The SMILES string of the molecule is CCNC(=NCc1cc(OC)c(OC)c(OC)c1)NCc1ncccc1C.I. The van der Waals surface area contributed by atoms with Crippen LogP contribution < -0.4 is 24.8 Å². The minimum atomic E-state index is 0. The van der Waals surface area contributed by atoms with Gasteiger partial charge in [0, 0.05) is 12.7 Å². The van der Waals surface area contributed by atoms with E-state index in [1.54, 1.807) is 27.5 Å². The summed E-state index contributed by atoms with van der Waals surface area (Å²) in [4.78, 5) is 9.05. The van der Waals surface area contributed by atoms with Crippen LogP contribution in [0, 0.1) is 6.92 Å². The van der Waals surface area contributed by atoms with Crippen molar-refractivity contribution < 1.29 is 14.2 Å². The van der Waals surface area contributed by atoms with Crippen molar-refractivity contribution in [2.75, 3.05) is 27.9 Å². The lowest BCUT2D eigenvalue weighted by Gasteiger charge is -2.14. The molecule has 0 aliphatic heterocycles. The van der Waals surface area contributed by atoms with Gasteiger partial charge in [0.2, 0.25) is 5.75 Å². The number of rotatable bonds is 8. The van der Waals surface area contributed by atoms with Gasteiger partial charge in [-0.1, -0.05) is 6.07 Å². The number of halogens is 1. The number of nitrogens with one attached hydrogen (secondary N) is 2. The Morgan fingerprint density at radius 1 is 1.07 bits per heavy atom. The average Bonchev–Trinajstić information content (AvgIpc) is 2.70. The molecule has 2 N–H and O–H groups in total. The van der Waals surface area contributed by atoms with Crippen LogP contribution >= 0.6 is 24.0 Å². The largest absolute Gasteiger partial charge is 0.493 e.